The minimum absolute atomic E-state index is 0.538. The highest BCUT2D eigenvalue weighted by molar-refractivity contribution is 6.18. The van der Waals surface area contributed by atoms with Crippen LogP contribution < -0.4 is 0 Å². The number of fused-ring (bicyclic) bond motifs is 12. The summed E-state index contributed by atoms with van der Waals surface area (Å²) < 4.78 is 11.5. The van der Waals surface area contributed by atoms with Crippen LogP contribution in [-0.4, -0.2) is 24.1 Å². The van der Waals surface area contributed by atoms with Gasteiger partial charge in [0.25, 0.3) is 0 Å². The summed E-state index contributed by atoms with van der Waals surface area (Å²) in [7, 11) is 0. The Labute approximate surface area is 394 Å². The first-order chi connectivity index (χ1) is 34.2. The summed E-state index contributed by atoms with van der Waals surface area (Å²) in [6.45, 7) is 0. The number of para-hydroxylation sites is 4. The van der Waals surface area contributed by atoms with E-state index in [-0.39, 0.29) is 0 Å². The fourth-order valence-electron chi connectivity index (χ4n) is 10.9. The maximum atomic E-state index is 6.73. The van der Waals surface area contributed by atoms with Gasteiger partial charge < -0.3 is 13.6 Å². The van der Waals surface area contributed by atoms with Crippen LogP contribution in [0.25, 0.3) is 143 Å². The molecule has 0 aliphatic rings. The normalized spacial score (nSPS) is 12.1. The number of aromatic nitrogens is 5. The molecule has 0 aliphatic carbocycles. The van der Waals surface area contributed by atoms with E-state index >= 15 is 0 Å². The lowest BCUT2D eigenvalue weighted by atomic mass is 10.0. The van der Waals surface area contributed by atoms with E-state index in [0.29, 0.717) is 17.5 Å². The van der Waals surface area contributed by atoms with Crippen molar-refractivity contribution in [2.24, 2.45) is 0 Å². The van der Waals surface area contributed by atoms with Crippen LogP contribution in [0.4, 0.5) is 0 Å². The highest BCUT2D eigenvalue weighted by Crippen LogP contribution is 2.44. The summed E-state index contributed by atoms with van der Waals surface area (Å²) in [5.41, 5.74) is 10.5. The molecule has 0 unspecified atom stereocenters. The maximum absolute atomic E-state index is 6.73. The predicted molar refractivity (Wildman–Crippen MR) is 285 cm³/mol. The number of nitrogens with zero attached hydrogens (tertiary/aromatic N) is 5. The van der Waals surface area contributed by atoms with Crippen LogP contribution in [0.2, 0.25) is 0 Å². The number of hydrogen-bond donors (Lipinski definition) is 0. The molecule has 0 bridgehead atoms. The van der Waals surface area contributed by atoms with Crippen LogP contribution >= 0.6 is 0 Å². The molecular weight excluding hydrogens is 843 g/mol. The van der Waals surface area contributed by atoms with Crippen LogP contribution in [0.1, 0.15) is 0 Å². The molecule has 15 rings (SSSR count). The maximum Gasteiger partial charge on any atom is 0.166 e. The van der Waals surface area contributed by atoms with Crippen molar-refractivity contribution < 1.29 is 4.42 Å². The number of furan rings is 1. The zero-order chi connectivity index (χ0) is 45.2. The molecule has 4 heterocycles. The lowest BCUT2D eigenvalue weighted by Gasteiger charge is -2.16. The first-order valence-electron chi connectivity index (χ1n) is 23.3. The van der Waals surface area contributed by atoms with Gasteiger partial charge in [0, 0.05) is 54.7 Å². The van der Waals surface area contributed by atoms with E-state index in [4.69, 9.17) is 19.4 Å². The minimum atomic E-state index is 0.538. The number of rotatable bonds is 5. The summed E-state index contributed by atoms with van der Waals surface area (Å²) in [6, 6.07) is 79.9. The van der Waals surface area contributed by atoms with Crippen molar-refractivity contribution in [3.63, 3.8) is 0 Å². The van der Waals surface area contributed by atoms with Crippen molar-refractivity contribution >= 4 is 97.9 Å². The zero-order valence-corrected chi connectivity index (χ0v) is 37.0. The SMILES string of the molecule is c1ccc(-n2c3ccccc3c3cccc(-c4nc(-c5ccc6ccccc6c5)nc(-c5cc6oc7ccccc7c6cc5-n5c6cc7ccccc7cc6c6cc7ccccc7cc65)n4)c32)cc1. The Kier molecular flexibility index (Phi) is 7.97. The Morgan fingerprint density at radius 3 is 1.59 bits per heavy atom. The molecule has 11 aromatic carbocycles. The Morgan fingerprint density at radius 2 is 0.870 bits per heavy atom. The predicted octanol–water partition coefficient (Wildman–Crippen LogP) is 16.4. The second-order valence-corrected chi connectivity index (χ2v) is 18.0. The molecule has 320 valence electrons. The molecule has 0 saturated heterocycles. The van der Waals surface area contributed by atoms with E-state index < -0.39 is 0 Å². The molecule has 69 heavy (non-hydrogen) atoms. The third-order valence-electron chi connectivity index (χ3n) is 14.1. The van der Waals surface area contributed by atoms with Crippen LogP contribution in [0.5, 0.6) is 0 Å². The van der Waals surface area contributed by atoms with Gasteiger partial charge in [-0.15, -0.1) is 0 Å². The van der Waals surface area contributed by atoms with Gasteiger partial charge in [0.1, 0.15) is 11.2 Å². The van der Waals surface area contributed by atoms with Gasteiger partial charge in [-0.25, -0.2) is 15.0 Å². The molecule has 15 aromatic rings. The standard InChI is InChI=1S/C63H37N5O/c1-2-21-45(22-3-1)67-54-27-12-10-23-46(54)48-25-14-26-49(60(48)67)62-64-61(44-30-29-38-15-4-5-16-39(38)31-44)65-63(66-62)53-37-59-52(47-24-11-13-28-58(47)69-59)36-57(53)68-55-34-42-19-8-6-17-40(42)32-50(55)51-33-41-18-7-9-20-43(41)35-56(51)68/h1-37H. The summed E-state index contributed by atoms with van der Waals surface area (Å²) in [6.07, 6.45) is 0. The van der Waals surface area contributed by atoms with Crippen molar-refractivity contribution in [2.45, 2.75) is 0 Å². The van der Waals surface area contributed by atoms with Crippen molar-refractivity contribution in [1.82, 2.24) is 24.1 Å². The lowest BCUT2D eigenvalue weighted by molar-refractivity contribution is 0.669. The van der Waals surface area contributed by atoms with E-state index in [1.54, 1.807) is 0 Å². The quantitative estimate of drug-likeness (QED) is 0.173. The first kappa shape index (κ1) is 37.8. The molecule has 0 amide bonds. The van der Waals surface area contributed by atoms with Crippen molar-refractivity contribution in [1.29, 1.82) is 0 Å². The van der Waals surface area contributed by atoms with Crippen LogP contribution in [0, 0.1) is 0 Å². The average molecular weight is 880 g/mol. The Hall–Kier alpha value is -9.39. The van der Waals surface area contributed by atoms with Gasteiger partial charge >= 0.3 is 0 Å². The van der Waals surface area contributed by atoms with E-state index in [0.717, 1.165) is 104 Å². The Bertz CT molecular complexity index is 4520. The molecule has 0 fully saturated rings. The second kappa shape index (κ2) is 14.6. The number of hydrogen-bond acceptors (Lipinski definition) is 4. The topological polar surface area (TPSA) is 61.7 Å². The van der Waals surface area contributed by atoms with Gasteiger partial charge in [-0.05, 0) is 105 Å². The summed E-state index contributed by atoms with van der Waals surface area (Å²) in [4.78, 5) is 16.6. The molecule has 6 nitrogen and oxygen atoms in total. The Morgan fingerprint density at radius 1 is 0.304 bits per heavy atom. The van der Waals surface area contributed by atoms with Gasteiger partial charge in [-0.1, -0.05) is 152 Å². The zero-order valence-electron chi connectivity index (χ0n) is 37.0. The molecule has 0 aliphatic heterocycles. The monoisotopic (exact) mass is 879 g/mol. The smallest absolute Gasteiger partial charge is 0.166 e. The molecular formula is C63H37N5O. The van der Waals surface area contributed by atoms with Gasteiger partial charge in [0.2, 0.25) is 0 Å². The summed E-state index contributed by atoms with van der Waals surface area (Å²) in [5.74, 6) is 1.69. The highest BCUT2D eigenvalue weighted by Gasteiger charge is 2.25. The largest absolute Gasteiger partial charge is 0.456 e. The average Bonchev–Trinajstić information content (AvgIpc) is 4.06. The van der Waals surface area contributed by atoms with Gasteiger partial charge in [0.15, 0.2) is 17.5 Å². The van der Waals surface area contributed by atoms with E-state index in [9.17, 15) is 0 Å². The lowest BCUT2D eigenvalue weighted by Crippen LogP contribution is -2.05. The molecule has 0 atom stereocenters. The minimum Gasteiger partial charge on any atom is -0.456 e. The summed E-state index contributed by atoms with van der Waals surface area (Å²) >= 11 is 0. The molecule has 0 spiro atoms. The van der Waals surface area contributed by atoms with Crippen LogP contribution in [-0.2, 0) is 0 Å². The molecule has 4 aromatic heterocycles. The number of benzene rings is 11. The Balaban J connectivity index is 1.09. The third kappa shape index (κ3) is 5.76. The third-order valence-corrected chi connectivity index (χ3v) is 14.1. The van der Waals surface area contributed by atoms with Gasteiger partial charge in [0.05, 0.1) is 27.8 Å². The van der Waals surface area contributed by atoms with E-state index in [2.05, 4.69) is 221 Å². The first-order valence-corrected chi connectivity index (χ1v) is 23.3. The molecule has 6 heteroatoms. The molecule has 0 radical (unpaired) electrons. The van der Waals surface area contributed by atoms with Crippen LogP contribution in [0.3, 0.4) is 0 Å². The second-order valence-electron chi connectivity index (χ2n) is 18.0. The van der Waals surface area contributed by atoms with Crippen molar-refractivity contribution in [3.05, 3.63) is 224 Å². The van der Waals surface area contributed by atoms with Gasteiger partial charge in [-0.2, -0.15) is 0 Å². The fraction of sp³-hybridized carbons (Fsp3) is 0. The van der Waals surface area contributed by atoms with Crippen LogP contribution in [0.15, 0.2) is 229 Å². The molecule has 0 N–H and O–H groups in total. The van der Waals surface area contributed by atoms with E-state index in [1.807, 2.05) is 12.1 Å². The van der Waals surface area contributed by atoms with E-state index in [1.165, 1.54) is 21.5 Å². The van der Waals surface area contributed by atoms with Crippen molar-refractivity contribution in [2.75, 3.05) is 0 Å². The fourth-order valence-corrected chi connectivity index (χ4v) is 10.9. The van der Waals surface area contributed by atoms with Gasteiger partial charge in [-0.3, -0.25) is 0 Å². The highest BCUT2D eigenvalue weighted by atomic mass is 16.3. The molecule has 0 saturated carbocycles. The van der Waals surface area contributed by atoms with Crippen molar-refractivity contribution in [3.8, 4) is 45.5 Å². The summed E-state index contributed by atoms with van der Waals surface area (Å²) in [5, 5.41) is 13.7.